The number of nitro benzene ring substituents is 1. The average molecular weight is 340 g/mol. The molecular formula is C18H16N2O5. The van der Waals surface area contributed by atoms with Gasteiger partial charge < -0.3 is 10.4 Å². The van der Waals surface area contributed by atoms with Crippen LogP contribution in [-0.4, -0.2) is 27.9 Å². The number of nitro groups is 1. The molecule has 0 heterocycles. The van der Waals surface area contributed by atoms with Crippen molar-refractivity contribution < 1.29 is 19.6 Å². The van der Waals surface area contributed by atoms with E-state index in [1.54, 1.807) is 30.3 Å². The number of benzene rings is 2. The van der Waals surface area contributed by atoms with E-state index in [9.17, 15) is 24.8 Å². The molecule has 1 unspecified atom stereocenters. The van der Waals surface area contributed by atoms with Crippen molar-refractivity contribution in [2.24, 2.45) is 0 Å². The predicted molar refractivity (Wildman–Crippen MR) is 91.8 cm³/mol. The lowest BCUT2D eigenvalue weighted by molar-refractivity contribution is -0.384. The van der Waals surface area contributed by atoms with Gasteiger partial charge in [0.1, 0.15) is 6.04 Å². The van der Waals surface area contributed by atoms with E-state index in [1.807, 2.05) is 0 Å². The molecule has 2 aromatic rings. The third kappa shape index (κ3) is 4.74. The summed E-state index contributed by atoms with van der Waals surface area (Å²) < 4.78 is 0. The van der Waals surface area contributed by atoms with Gasteiger partial charge in [-0.3, -0.25) is 14.9 Å². The second-order valence-electron chi connectivity index (χ2n) is 5.34. The summed E-state index contributed by atoms with van der Waals surface area (Å²) in [4.78, 5) is 33.8. The highest BCUT2D eigenvalue weighted by Crippen LogP contribution is 2.15. The van der Waals surface area contributed by atoms with E-state index in [0.29, 0.717) is 11.1 Å². The second kappa shape index (κ2) is 7.87. The van der Waals surface area contributed by atoms with Crippen LogP contribution >= 0.6 is 0 Å². The number of aliphatic carboxylic acids is 1. The van der Waals surface area contributed by atoms with Crippen molar-refractivity contribution in [3.8, 4) is 0 Å². The molecule has 1 atom stereocenters. The molecule has 0 radical (unpaired) electrons. The maximum Gasteiger partial charge on any atom is 0.326 e. The second-order valence-corrected chi connectivity index (χ2v) is 5.34. The molecule has 7 nitrogen and oxygen atoms in total. The predicted octanol–water partition coefficient (Wildman–Crippen LogP) is 2.42. The first-order valence-corrected chi connectivity index (χ1v) is 7.40. The number of nitrogens with one attached hydrogen (secondary N) is 1. The molecule has 0 spiro atoms. The molecule has 7 heteroatoms. The Morgan fingerprint density at radius 1 is 1.12 bits per heavy atom. The van der Waals surface area contributed by atoms with Crippen LogP contribution in [0.1, 0.15) is 11.1 Å². The van der Waals surface area contributed by atoms with Gasteiger partial charge in [0, 0.05) is 24.1 Å². The van der Waals surface area contributed by atoms with Gasteiger partial charge >= 0.3 is 5.97 Å². The Kier molecular flexibility index (Phi) is 5.62. The van der Waals surface area contributed by atoms with Gasteiger partial charge in [-0.2, -0.15) is 0 Å². The molecule has 2 rings (SSSR count). The van der Waals surface area contributed by atoms with Crippen LogP contribution in [0.2, 0.25) is 0 Å². The van der Waals surface area contributed by atoms with E-state index in [-0.39, 0.29) is 17.7 Å². The molecule has 0 saturated heterocycles. The Hall–Kier alpha value is -3.48. The van der Waals surface area contributed by atoms with Crippen LogP contribution in [0.5, 0.6) is 0 Å². The fraction of sp³-hybridized carbons (Fsp3) is 0.111. The van der Waals surface area contributed by atoms with Gasteiger partial charge in [-0.1, -0.05) is 49.0 Å². The Morgan fingerprint density at radius 3 is 2.24 bits per heavy atom. The SMILES string of the molecule is C=C(C(=O)NC(Cc1ccc([N+](=O)[O-])cc1)C(=O)O)c1ccccc1. The van der Waals surface area contributed by atoms with Crippen LogP contribution in [-0.2, 0) is 16.0 Å². The molecule has 0 aromatic heterocycles. The molecule has 25 heavy (non-hydrogen) atoms. The van der Waals surface area contributed by atoms with Gasteiger partial charge in [0.2, 0.25) is 0 Å². The quantitative estimate of drug-likeness (QED) is 0.457. The summed E-state index contributed by atoms with van der Waals surface area (Å²) in [5, 5.41) is 22.4. The van der Waals surface area contributed by atoms with Crippen molar-refractivity contribution in [2.45, 2.75) is 12.5 Å². The summed E-state index contributed by atoms with van der Waals surface area (Å²) in [6.45, 7) is 3.70. The zero-order valence-corrected chi connectivity index (χ0v) is 13.2. The minimum atomic E-state index is -1.20. The van der Waals surface area contributed by atoms with Crippen LogP contribution in [0.15, 0.2) is 61.2 Å². The van der Waals surface area contributed by atoms with Gasteiger partial charge in [-0.05, 0) is 11.1 Å². The number of hydrogen-bond donors (Lipinski definition) is 2. The van der Waals surface area contributed by atoms with Crippen molar-refractivity contribution in [1.82, 2.24) is 5.32 Å². The molecule has 2 N–H and O–H groups in total. The van der Waals surface area contributed by atoms with Crippen molar-refractivity contribution >= 4 is 23.1 Å². The molecule has 0 aliphatic rings. The number of hydrogen-bond acceptors (Lipinski definition) is 4. The third-order valence-electron chi connectivity index (χ3n) is 3.59. The first kappa shape index (κ1) is 17.9. The molecule has 0 saturated carbocycles. The fourth-order valence-electron chi connectivity index (χ4n) is 2.21. The summed E-state index contributed by atoms with van der Waals surface area (Å²) in [7, 11) is 0. The number of nitrogens with zero attached hydrogens (tertiary/aromatic N) is 1. The minimum Gasteiger partial charge on any atom is -0.480 e. The number of carboxylic acid groups (broad SMARTS) is 1. The number of rotatable bonds is 7. The van der Waals surface area contributed by atoms with Crippen LogP contribution in [0.25, 0.3) is 5.57 Å². The van der Waals surface area contributed by atoms with Crippen molar-refractivity contribution in [3.63, 3.8) is 0 Å². The van der Waals surface area contributed by atoms with E-state index >= 15 is 0 Å². The maximum absolute atomic E-state index is 12.2. The largest absolute Gasteiger partial charge is 0.480 e. The van der Waals surface area contributed by atoms with Gasteiger partial charge in [-0.25, -0.2) is 4.79 Å². The maximum atomic E-state index is 12.2. The Bertz CT molecular complexity index is 800. The standard InChI is InChI=1S/C18H16N2O5/c1-12(14-5-3-2-4-6-14)17(21)19-16(18(22)23)11-13-7-9-15(10-8-13)20(24)25/h2-10,16H,1,11H2,(H,19,21)(H,22,23). The molecule has 128 valence electrons. The van der Waals surface area contributed by atoms with E-state index in [0.717, 1.165) is 0 Å². The average Bonchev–Trinajstić information content (AvgIpc) is 2.61. The van der Waals surface area contributed by atoms with Crippen LogP contribution in [0, 0.1) is 10.1 Å². The number of carbonyl (C=O) groups excluding carboxylic acids is 1. The van der Waals surface area contributed by atoms with E-state index in [2.05, 4.69) is 11.9 Å². The Labute approximate surface area is 143 Å². The summed E-state index contributed by atoms with van der Waals surface area (Å²) in [6.07, 6.45) is 0.00113. The van der Waals surface area contributed by atoms with E-state index in [1.165, 1.54) is 24.3 Å². The van der Waals surface area contributed by atoms with E-state index in [4.69, 9.17) is 0 Å². The zero-order valence-electron chi connectivity index (χ0n) is 13.2. The zero-order chi connectivity index (χ0) is 18.4. The highest BCUT2D eigenvalue weighted by atomic mass is 16.6. The normalized spacial score (nSPS) is 11.4. The van der Waals surface area contributed by atoms with Crippen LogP contribution < -0.4 is 5.32 Å². The number of non-ortho nitro benzene ring substituents is 1. The molecular weight excluding hydrogens is 324 g/mol. The monoisotopic (exact) mass is 340 g/mol. The van der Waals surface area contributed by atoms with Gasteiger partial charge in [-0.15, -0.1) is 0 Å². The lowest BCUT2D eigenvalue weighted by Gasteiger charge is -2.15. The molecule has 2 aromatic carbocycles. The lowest BCUT2D eigenvalue weighted by atomic mass is 10.0. The van der Waals surface area contributed by atoms with Gasteiger partial charge in [0.25, 0.3) is 11.6 Å². The summed E-state index contributed by atoms with van der Waals surface area (Å²) in [6, 6.07) is 13.0. The lowest BCUT2D eigenvalue weighted by Crippen LogP contribution is -2.42. The van der Waals surface area contributed by atoms with Gasteiger partial charge in [0.05, 0.1) is 4.92 Å². The first-order valence-electron chi connectivity index (χ1n) is 7.40. The Morgan fingerprint density at radius 2 is 1.72 bits per heavy atom. The fourth-order valence-corrected chi connectivity index (χ4v) is 2.21. The molecule has 1 amide bonds. The number of carbonyl (C=O) groups is 2. The van der Waals surface area contributed by atoms with Gasteiger partial charge in [0.15, 0.2) is 0 Å². The minimum absolute atomic E-state index is 0.00113. The van der Waals surface area contributed by atoms with Crippen molar-refractivity contribution in [1.29, 1.82) is 0 Å². The number of amides is 1. The molecule has 0 fully saturated rings. The summed E-state index contributed by atoms with van der Waals surface area (Å²) in [5.74, 6) is -1.78. The third-order valence-corrected chi connectivity index (χ3v) is 3.59. The molecule has 0 bridgehead atoms. The summed E-state index contributed by atoms with van der Waals surface area (Å²) in [5.41, 5.74) is 1.23. The van der Waals surface area contributed by atoms with Crippen molar-refractivity contribution in [2.75, 3.05) is 0 Å². The summed E-state index contributed by atoms with van der Waals surface area (Å²) >= 11 is 0. The highest BCUT2D eigenvalue weighted by molar-refractivity contribution is 6.19. The Balaban J connectivity index is 2.08. The van der Waals surface area contributed by atoms with E-state index < -0.39 is 22.8 Å². The number of carboxylic acids is 1. The highest BCUT2D eigenvalue weighted by Gasteiger charge is 2.22. The van der Waals surface area contributed by atoms with Crippen molar-refractivity contribution in [3.05, 3.63) is 82.4 Å². The molecule has 0 aliphatic carbocycles. The topological polar surface area (TPSA) is 110 Å². The molecule has 0 aliphatic heterocycles. The smallest absolute Gasteiger partial charge is 0.326 e. The van der Waals surface area contributed by atoms with Crippen LogP contribution in [0.3, 0.4) is 0 Å². The van der Waals surface area contributed by atoms with Crippen LogP contribution in [0.4, 0.5) is 5.69 Å². The first-order chi connectivity index (χ1) is 11.9.